The number of hydrogen-bond acceptors (Lipinski definition) is 6. The van der Waals surface area contributed by atoms with Gasteiger partial charge in [-0.15, -0.1) is 5.10 Å². The number of carbonyl (C=O) groups is 1. The van der Waals surface area contributed by atoms with Gasteiger partial charge in [0, 0.05) is 48.2 Å². The highest BCUT2D eigenvalue weighted by Crippen LogP contribution is 2.31. The molecule has 1 unspecified atom stereocenters. The molecule has 5 rings (SSSR count). The highest BCUT2D eigenvalue weighted by atomic mass is 32.2. The molecular weight excluding hydrogens is 464 g/mol. The van der Waals surface area contributed by atoms with E-state index in [1.54, 1.807) is 17.6 Å². The molecule has 1 atom stereocenters. The Morgan fingerprint density at radius 3 is 2.86 bits per heavy atom. The van der Waals surface area contributed by atoms with Crippen LogP contribution in [-0.2, 0) is 29.0 Å². The summed E-state index contributed by atoms with van der Waals surface area (Å²) in [5, 5.41) is 7.97. The van der Waals surface area contributed by atoms with E-state index in [0.717, 1.165) is 59.5 Å². The van der Waals surface area contributed by atoms with Crippen LogP contribution in [0.25, 0.3) is 16.8 Å². The quantitative estimate of drug-likeness (QED) is 0.399. The van der Waals surface area contributed by atoms with Crippen LogP contribution in [0.5, 0.6) is 0 Å². The van der Waals surface area contributed by atoms with Gasteiger partial charge in [0.15, 0.2) is 0 Å². The van der Waals surface area contributed by atoms with Gasteiger partial charge < -0.3 is 14.8 Å². The maximum atomic E-state index is 12.2. The minimum Gasteiger partial charge on any atom is -0.760 e. The molecule has 1 aliphatic heterocycles. The first-order valence-corrected chi connectivity index (χ1v) is 12.5. The molecule has 0 spiro atoms. The Hall–Kier alpha value is -3.60. The van der Waals surface area contributed by atoms with E-state index in [0.29, 0.717) is 5.95 Å². The lowest BCUT2D eigenvalue weighted by Gasteiger charge is -2.22. The van der Waals surface area contributed by atoms with Gasteiger partial charge in [0.2, 0.25) is 11.9 Å². The van der Waals surface area contributed by atoms with Crippen LogP contribution in [0.3, 0.4) is 0 Å². The van der Waals surface area contributed by atoms with Gasteiger partial charge in [-0.2, -0.15) is 0 Å². The molecule has 4 aromatic rings. The second kappa shape index (κ2) is 9.95. The summed E-state index contributed by atoms with van der Waals surface area (Å²) in [4.78, 5) is 18.5. The van der Waals surface area contributed by atoms with Crippen molar-refractivity contribution in [2.24, 2.45) is 0 Å². The molecule has 0 saturated carbocycles. The van der Waals surface area contributed by atoms with E-state index in [1.807, 2.05) is 53.4 Å². The summed E-state index contributed by atoms with van der Waals surface area (Å²) in [5.74, 6) is 0.469. The predicted molar refractivity (Wildman–Crippen MR) is 135 cm³/mol. The molecule has 0 bridgehead atoms. The molecule has 180 valence electrons. The van der Waals surface area contributed by atoms with E-state index < -0.39 is 11.3 Å². The fourth-order valence-corrected chi connectivity index (χ4v) is 4.71. The molecule has 2 aromatic heterocycles. The van der Waals surface area contributed by atoms with Crippen molar-refractivity contribution in [3.05, 3.63) is 71.9 Å². The van der Waals surface area contributed by atoms with Gasteiger partial charge in [-0.3, -0.25) is 9.00 Å². The van der Waals surface area contributed by atoms with E-state index in [-0.39, 0.29) is 12.5 Å². The van der Waals surface area contributed by atoms with Crippen LogP contribution in [-0.4, -0.2) is 35.8 Å². The van der Waals surface area contributed by atoms with Crippen LogP contribution in [0.2, 0.25) is 0 Å². The molecule has 9 nitrogen and oxygen atoms in total. The lowest BCUT2D eigenvalue weighted by Crippen LogP contribution is -2.29. The van der Waals surface area contributed by atoms with Crippen molar-refractivity contribution in [3.8, 4) is 11.3 Å². The Morgan fingerprint density at radius 1 is 1.14 bits per heavy atom. The third-order valence-corrected chi connectivity index (χ3v) is 6.49. The lowest BCUT2D eigenvalue weighted by molar-refractivity contribution is -0.116. The summed E-state index contributed by atoms with van der Waals surface area (Å²) in [5.41, 5.74) is 6.36. The van der Waals surface area contributed by atoms with Gasteiger partial charge in [-0.05, 0) is 60.7 Å². The first-order valence-electron chi connectivity index (χ1n) is 11.4. The maximum Gasteiger partial charge on any atom is 0.245 e. The Labute approximate surface area is 205 Å². The second-order valence-electron chi connectivity index (χ2n) is 8.49. The summed E-state index contributed by atoms with van der Waals surface area (Å²) in [7, 11) is 0. The Morgan fingerprint density at radius 2 is 2.03 bits per heavy atom. The van der Waals surface area contributed by atoms with Gasteiger partial charge in [0.25, 0.3) is 0 Å². The van der Waals surface area contributed by atoms with Crippen LogP contribution in [0.4, 0.5) is 17.3 Å². The molecule has 0 aliphatic carbocycles. The van der Waals surface area contributed by atoms with Crippen LogP contribution in [0.1, 0.15) is 30.9 Å². The van der Waals surface area contributed by atoms with Crippen LogP contribution < -0.4 is 14.9 Å². The van der Waals surface area contributed by atoms with Crippen LogP contribution in [0.15, 0.2) is 60.8 Å². The van der Waals surface area contributed by atoms with Gasteiger partial charge in [-0.25, -0.2) is 14.2 Å². The molecule has 2 aromatic carbocycles. The lowest BCUT2D eigenvalue weighted by atomic mass is 10.1. The van der Waals surface area contributed by atoms with E-state index in [2.05, 4.69) is 21.1 Å². The fraction of sp³-hybridized carbons (Fsp3) is 0.240. The molecule has 0 radical (unpaired) electrons. The first kappa shape index (κ1) is 23.2. The van der Waals surface area contributed by atoms with Gasteiger partial charge >= 0.3 is 0 Å². The number of nitrogens with one attached hydrogen (secondary N) is 2. The van der Waals surface area contributed by atoms with Crippen molar-refractivity contribution < 1.29 is 13.6 Å². The van der Waals surface area contributed by atoms with E-state index in [4.69, 9.17) is 5.10 Å². The maximum absolute atomic E-state index is 12.2. The third kappa shape index (κ3) is 5.09. The van der Waals surface area contributed by atoms with E-state index in [9.17, 15) is 13.6 Å². The summed E-state index contributed by atoms with van der Waals surface area (Å²) in [6, 6.07) is 17.6. The zero-order chi connectivity index (χ0) is 24.4. The average molecular weight is 490 g/mol. The molecular formula is C25H25N6O3S-. The largest absolute Gasteiger partial charge is 0.760 e. The molecule has 1 amide bonds. The summed E-state index contributed by atoms with van der Waals surface area (Å²) in [6.45, 7) is 2.54. The highest BCUT2D eigenvalue weighted by molar-refractivity contribution is 7.77. The number of carbonyl (C=O) groups excluding carboxylic acids is 1. The van der Waals surface area contributed by atoms with Gasteiger partial charge in [0.1, 0.15) is 0 Å². The van der Waals surface area contributed by atoms with Crippen molar-refractivity contribution in [3.63, 3.8) is 0 Å². The molecule has 0 saturated heterocycles. The molecule has 1 aliphatic rings. The Balaban J connectivity index is 1.45. The van der Waals surface area contributed by atoms with Gasteiger partial charge in [-0.1, -0.05) is 24.3 Å². The van der Waals surface area contributed by atoms with Crippen molar-refractivity contribution in [2.45, 2.75) is 32.7 Å². The van der Waals surface area contributed by atoms with Crippen LogP contribution in [0, 0.1) is 0 Å². The van der Waals surface area contributed by atoms with Crippen molar-refractivity contribution >= 4 is 40.0 Å². The second-order valence-corrected chi connectivity index (χ2v) is 9.25. The average Bonchev–Trinajstić information content (AvgIpc) is 3.14. The smallest absolute Gasteiger partial charge is 0.245 e. The number of nitrogens with zero attached hydrogens (tertiary/aromatic N) is 4. The number of benzene rings is 2. The SMILES string of the molecule is CC(=O)N1CCCCc2ccc(Nc3ncc4ccc(-c5cccc(CNS(=O)[O-])c5)n4n3)cc21. The zero-order valence-corrected chi connectivity index (χ0v) is 20.0. The molecule has 3 heterocycles. The summed E-state index contributed by atoms with van der Waals surface area (Å²) < 4.78 is 25.9. The highest BCUT2D eigenvalue weighted by Gasteiger charge is 2.19. The van der Waals surface area contributed by atoms with E-state index in [1.165, 1.54) is 5.56 Å². The van der Waals surface area contributed by atoms with Gasteiger partial charge in [0.05, 0.1) is 17.4 Å². The number of hydrogen-bond donors (Lipinski definition) is 2. The normalized spacial score (nSPS) is 14.4. The number of anilines is 3. The van der Waals surface area contributed by atoms with Crippen LogP contribution >= 0.6 is 0 Å². The minimum absolute atomic E-state index is 0.0406. The number of fused-ring (bicyclic) bond motifs is 2. The fourth-order valence-electron chi connectivity index (χ4n) is 4.43. The first-order chi connectivity index (χ1) is 17.0. The Kier molecular flexibility index (Phi) is 6.58. The minimum atomic E-state index is -2.32. The standard InChI is InChI=1S/C25H26N6O3S/c1-17(32)30-12-3-2-6-19-8-9-21(14-24(19)30)28-25-26-16-22-10-11-23(31(22)29-25)20-7-4-5-18(13-20)15-27-35(33)34/h4-5,7-11,13-14,16,27H,2-3,6,12,15H2,1H3,(H,28,29)(H,33,34)/p-1. The summed E-state index contributed by atoms with van der Waals surface area (Å²) in [6.07, 6.45) is 4.75. The monoisotopic (exact) mass is 489 g/mol. The number of aromatic nitrogens is 3. The van der Waals surface area contributed by atoms with Crippen molar-refractivity contribution in [2.75, 3.05) is 16.8 Å². The van der Waals surface area contributed by atoms with Crippen molar-refractivity contribution in [1.29, 1.82) is 0 Å². The predicted octanol–water partition coefficient (Wildman–Crippen LogP) is 3.71. The summed E-state index contributed by atoms with van der Waals surface area (Å²) >= 11 is -2.32. The third-order valence-electron chi connectivity index (χ3n) is 6.11. The molecule has 0 fully saturated rings. The number of amides is 1. The number of aryl methyl sites for hydroxylation is 1. The topological polar surface area (TPSA) is 115 Å². The van der Waals surface area contributed by atoms with Crippen molar-refractivity contribution in [1.82, 2.24) is 19.3 Å². The number of rotatable bonds is 6. The van der Waals surface area contributed by atoms with E-state index >= 15 is 0 Å². The molecule has 35 heavy (non-hydrogen) atoms. The molecule has 10 heteroatoms. The molecule has 2 N–H and O–H groups in total. The Bertz CT molecular complexity index is 1420. The zero-order valence-electron chi connectivity index (χ0n) is 19.2.